The van der Waals surface area contributed by atoms with Crippen molar-refractivity contribution >= 4 is 9.52 Å². The van der Waals surface area contributed by atoms with Gasteiger partial charge in [0.15, 0.2) is 0 Å². The van der Waals surface area contributed by atoms with Crippen LogP contribution in [0.2, 0.25) is 12.1 Å². The normalized spacial score (nSPS) is 8.08. The molecule has 0 rings (SSSR count). The second-order valence-corrected chi connectivity index (χ2v) is 8.29. The molecule has 0 aromatic carbocycles. The van der Waals surface area contributed by atoms with Gasteiger partial charge in [0.1, 0.15) is 0 Å². The van der Waals surface area contributed by atoms with Crippen LogP contribution in [0.1, 0.15) is 92.9 Å². The third-order valence-corrected chi connectivity index (χ3v) is 4.11. The zero-order chi connectivity index (χ0) is 20.6. The molecule has 0 aliphatic carbocycles. The summed E-state index contributed by atoms with van der Waals surface area (Å²) in [6.07, 6.45) is 7.46. The summed E-state index contributed by atoms with van der Waals surface area (Å²) in [4.78, 5) is 0. The van der Waals surface area contributed by atoms with Crippen LogP contribution in [0.15, 0.2) is 0 Å². The summed E-state index contributed by atoms with van der Waals surface area (Å²) in [7, 11) is 0.432. The van der Waals surface area contributed by atoms with Crippen molar-refractivity contribution < 1.29 is 42.1 Å². The molecule has 0 saturated carbocycles. The molecule has 0 aromatic rings. The minimum atomic E-state index is 0. The van der Waals surface area contributed by atoms with Crippen LogP contribution < -0.4 is 20.4 Å². The second-order valence-electron chi connectivity index (χ2n) is 5.58. The summed E-state index contributed by atoms with van der Waals surface area (Å²) >= 11 is 0. The Hall–Kier alpha value is 0.771. The summed E-state index contributed by atoms with van der Waals surface area (Å²) in [6, 6.07) is 2.97. The van der Waals surface area contributed by atoms with E-state index in [0.717, 1.165) is 51.4 Å². The van der Waals surface area contributed by atoms with Crippen molar-refractivity contribution in [2.45, 2.75) is 105 Å². The van der Waals surface area contributed by atoms with E-state index < -0.39 is 0 Å². The Balaban J connectivity index is -0.0000000476. The molecule has 6 heteroatoms. The van der Waals surface area contributed by atoms with Crippen LogP contribution >= 0.6 is 0 Å². The molecule has 160 valence electrons. The number of rotatable bonds is 10. The maximum Gasteiger partial charge on any atom is 4.00 e. The first-order chi connectivity index (χ1) is 12.1. The fourth-order valence-corrected chi connectivity index (χ4v) is 1.64. The van der Waals surface area contributed by atoms with Gasteiger partial charge < -0.3 is 20.4 Å². The van der Waals surface area contributed by atoms with Gasteiger partial charge in [0, 0.05) is 9.52 Å². The Bertz CT molecular complexity index is 100. The van der Waals surface area contributed by atoms with Crippen LogP contribution in [-0.2, 0) is 21.7 Å². The first-order valence-electron chi connectivity index (χ1n) is 10.4. The molecule has 0 fully saturated rings. The molecule has 0 aliphatic heterocycles. The summed E-state index contributed by atoms with van der Waals surface area (Å²) in [6.45, 7) is 13.0. The zero-order valence-electron chi connectivity index (χ0n) is 18.7. The maximum absolute atomic E-state index is 9.53. The molecule has 0 amide bonds. The Kier molecular flexibility index (Phi) is 101. The van der Waals surface area contributed by atoms with E-state index >= 15 is 0 Å². The van der Waals surface area contributed by atoms with E-state index in [4.69, 9.17) is 0 Å². The van der Waals surface area contributed by atoms with Gasteiger partial charge >= 0.3 is 21.7 Å². The average Bonchev–Trinajstić information content (AvgIpc) is 2.61. The minimum Gasteiger partial charge on any atom is -0.854 e. The molecule has 0 aromatic heterocycles. The fourth-order valence-electron chi connectivity index (χ4n) is 0.931. The van der Waals surface area contributed by atoms with Crippen molar-refractivity contribution in [3.8, 4) is 0 Å². The fraction of sp³-hybridized carbons (Fsp3) is 1.00. The molecular formula is C20H48O4SiTi. The van der Waals surface area contributed by atoms with Gasteiger partial charge in [0.25, 0.3) is 0 Å². The van der Waals surface area contributed by atoms with E-state index in [0.29, 0.717) is 9.52 Å². The number of hydrogen-bond acceptors (Lipinski definition) is 4. The topological polar surface area (TPSA) is 92.2 Å². The Labute approximate surface area is 182 Å². The van der Waals surface area contributed by atoms with Gasteiger partial charge in [-0.2, -0.15) is 0 Å². The monoisotopic (exact) mass is 428 g/mol. The molecule has 26 heavy (non-hydrogen) atoms. The third kappa shape index (κ3) is 121. The average molecular weight is 429 g/mol. The first-order valence-corrected chi connectivity index (χ1v) is 12.4. The van der Waals surface area contributed by atoms with Crippen LogP contribution in [-0.4, -0.2) is 35.9 Å². The Morgan fingerprint density at radius 2 is 0.654 bits per heavy atom. The Morgan fingerprint density at radius 3 is 0.654 bits per heavy atom. The van der Waals surface area contributed by atoms with Gasteiger partial charge in [-0.3, -0.25) is 0 Å². The third-order valence-electron chi connectivity index (χ3n) is 2.70. The van der Waals surface area contributed by atoms with Crippen LogP contribution in [0, 0.1) is 0 Å². The molecule has 0 radical (unpaired) electrons. The summed E-state index contributed by atoms with van der Waals surface area (Å²) < 4.78 is 0. The summed E-state index contributed by atoms with van der Waals surface area (Å²) in [5.41, 5.74) is 0. The van der Waals surface area contributed by atoms with Crippen molar-refractivity contribution in [3.63, 3.8) is 0 Å². The molecule has 0 spiro atoms. The maximum atomic E-state index is 9.53. The zero-order valence-corrected chi connectivity index (χ0v) is 21.7. The van der Waals surface area contributed by atoms with E-state index in [1.54, 1.807) is 0 Å². The molecule has 0 unspecified atom stereocenters. The molecule has 0 heterocycles. The van der Waals surface area contributed by atoms with Gasteiger partial charge in [-0.25, -0.2) is 0 Å². The molecule has 0 saturated heterocycles. The summed E-state index contributed by atoms with van der Waals surface area (Å²) in [5.74, 6) is 0. The van der Waals surface area contributed by atoms with Crippen molar-refractivity contribution in [2.24, 2.45) is 0 Å². The molecule has 0 atom stereocenters. The predicted octanol–water partition coefficient (Wildman–Crippen LogP) is 1.62. The van der Waals surface area contributed by atoms with Gasteiger partial charge in [0.05, 0.1) is 0 Å². The molecule has 0 N–H and O–H groups in total. The van der Waals surface area contributed by atoms with Crippen LogP contribution in [0.5, 0.6) is 0 Å². The largest absolute Gasteiger partial charge is 4.00 e. The quantitative estimate of drug-likeness (QED) is 0.494. The van der Waals surface area contributed by atoms with Crippen molar-refractivity contribution in [3.05, 3.63) is 0 Å². The van der Waals surface area contributed by atoms with E-state index in [1.807, 2.05) is 27.7 Å². The predicted molar refractivity (Wildman–Crippen MR) is 109 cm³/mol. The number of hydrogen-bond donors (Lipinski definition) is 0. The van der Waals surface area contributed by atoms with Crippen molar-refractivity contribution in [2.75, 3.05) is 26.4 Å². The molecule has 0 bridgehead atoms. The van der Waals surface area contributed by atoms with Gasteiger partial charge in [-0.05, 0) is 0 Å². The van der Waals surface area contributed by atoms with Crippen LogP contribution in [0.3, 0.4) is 0 Å². The van der Waals surface area contributed by atoms with Crippen molar-refractivity contribution in [1.29, 1.82) is 0 Å². The SMILES string of the molecule is CCCC[O-].CCCC[O-].CCCC[O-].CCCC[O-].CC[SiH2]CC.[Ti+4]. The van der Waals surface area contributed by atoms with E-state index in [9.17, 15) is 20.4 Å². The minimum absolute atomic E-state index is 0. The summed E-state index contributed by atoms with van der Waals surface area (Å²) in [5, 5.41) is 38.1. The molecule has 0 aliphatic rings. The molecular weight excluding hydrogens is 380 g/mol. The van der Waals surface area contributed by atoms with Gasteiger partial charge in [0.2, 0.25) is 0 Å². The molecule has 4 nitrogen and oxygen atoms in total. The van der Waals surface area contributed by atoms with E-state index in [1.165, 1.54) is 12.1 Å². The van der Waals surface area contributed by atoms with Gasteiger partial charge in [-0.1, -0.05) is 105 Å². The standard InChI is InChI=1S/4C4H9O.C4H12Si.Ti/c4*1-2-3-4-5;1-3-5-4-2;/h4*2-4H2,1H3;3-5H2,1-2H3;/q4*-1;;+4. The van der Waals surface area contributed by atoms with Crippen LogP contribution in [0.25, 0.3) is 0 Å². The Morgan fingerprint density at radius 1 is 0.462 bits per heavy atom. The van der Waals surface area contributed by atoms with Crippen molar-refractivity contribution in [1.82, 2.24) is 0 Å². The second kappa shape index (κ2) is 63.6. The van der Waals surface area contributed by atoms with E-state index in [-0.39, 0.29) is 48.1 Å². The first kappa shape index (κ1) is 41.2. The van der Waals surface area contributed by atoms with E-state index in [2.05, 4.69) is 13.8 Å². The van der Waals surface area contributed by atoms with Gasteiger partial charge in [-0.15, -0.1) is 26.4 Å². The smallest absolute Gasteiger partial charge is 0.854 e. The number of unbranched alkanes of at least 4 members (excludes halogenated alkanes) is 4. The van der Waals surface area contributed by atoms with Crippen LogP contribution in [0.4, 0.5) is 0 Å².